The number of thioether (sulfide) groups is 1. The van der Waals surface area contributed by atoms with Gasteiger partial charge in [-0.15, -0.1) is 21.5 Å². The molecule has 0 unspecified atom stereocenters. The molecule has 1 aliphatic heterocycles. The Morgan fingerprint density at radius 2 is 1.86 bits per heavy atom. The van der Waals surface area contributed by atoms with Crippen LogP contribution in [0.3, 0.4) is 0 Å². The van der Waals surface area contributed by atoms with E-state index in [1.807, 2.05) is 66.1 Å². The second kappa shape index (κ2) is 11.5. The molecule has 1 fully saturated rings. The average Bonchev–Trinajstić information content (AvgIpc) is 3.47. The van der Waals surface area contributed by atoms with Crippen molar-refractivity contribution in [2.75, 3.05) is 37.4 Å². The van der Waals surface area contributed by atoms with Crippen LogP contribution in [0.15, 0.2) is 59.8 Å². The summed E-state index contributed by atoms with van der Waals surface area (Å²) in [6.07, 6.45) is 0. The van der Waals surface area contributed by atoms with Gasteiger partial charge in [0.25, 0.3) is 0 Å². The number of thiazole rings is 1. The minimum atomic E-state index is -0.145. The van der Waals surface area contributed by atoms with Crippen LogP contribution in [0.25, 0.3) is 16.9 Å². The molecule has 2 aromatic heterocycles. The summed E-state index contributed by atoms with van der Waals surface area (Å²) >= 11 is 8.93. The molecule has 36 heavy (non-hydrogen) atoms. The van der Waals surface area contributed by atoms with E-state index in [0.29, 0.717) is 35.1 Å². The molecular weight excluding hydrogens is 516 g/mol. The molecule has 0 atom stereocenters. The number of aromatic nitrogens is 4. The third-order valence-corrected chi connectivity index (χ3v) is 7.74. The predicted molar refractivity (Wildman–Crippen MR) is 144 cm³/mol. The van der Waals surface area contributed by atoms with Crippen molar-refractivity contribution in [3.8, 4) is 16.9 Å². The lowest BCUT2D eigenvalue weighted by atomic mass is 10.1. The molecule has 2 aromatic carbocycles. The van der Waals surface area contributed by atoms with E-state index in [9.17, 15) is 4.79 Å². The van der Waals surface area contributed by atoms with Gasteiger partial charge in [0.15, 0.2) is 16.1 Å². The summed E-state index contributed by atoms with van der Waals surface area (Å²) in [4.78, 5) is 20.8. The summed E-state index contributed by atoms with van der Waals surface area (Å²) in [7, 11) is 0. The van der Waals surface area contributed by atoms with Gasteiger partial charge in [0, 0.05) is 34.2 Å². The van der Waals surface area contributed by atoms with Crippen molar-refractivity contribution in [1.29, 1.82) is 0 Å². The molecule has 0 bridgehead atoms. The topological polar surface area (TPSA) is 85.2 Å². The zero-order valence-corrected chi connectivity index (χ0v) is 22.1. The predicted octanol–water partition coefficient (Wildman–Crippen LogP) is 4.92. The molecule has 186 valence electrons. The van der Waals surface area contributed by atoms with Crippen molar-refractivity contribution < 1.29 is 9.53 Å². The quantitative estimate of drug-likeness (QED) is 0.318. The minimum absolute atomic E-state index is 0.145. The molecule has 0 radical (unpaired) electrons. The van der Waals surface area contributed by atoms with E-state index >= 15 is 0 Å². The number of benzene rings is 2. The van der Waals surface area contributed by atoms with Crippen LogP contribution in [0.5, 0.6) is 0 Å². The first kappa shape index (κ1) is 24.9. The van der Waals surface area contributed by atoms with Gasteiger partial charge in [-0.1, -0.05) is 53.7 Å². The highest BCUT2D eigenvalue weighted by molar-refractivity contribution is 7.99. The summed E-state index contributed by atoms with van der Waals surface area (Å²) < 4.78 is 7.46. The molecule has 1 saturated heterocycles. The number of anilines is 1. The summed E-state index contributed by atoms with van der Waals surface area (Å²) in [6, 6.07) is 17.5. The van der Waals surface area contributed by atoms with Crippen LogP contribution in [0, 0.1) is 6.92 Å². The van der Waals surface area contributed by atoms with Gasteiger partial charge >= 0.3 is 0 Å². The summed E-state index contributed by atoms with van der Waals surface area (Å²) in [5.74, 6) is 0.849. The number of nitrogens with one attached hydrogen (secondary N) is 1. The first-order chi connectivity index (χ1) is 17.6. The van der Waals surface area contributed by atoms with Gasteiger partial charge in [0.2, 0.25) is 5.91 Å². The van der Waals surface area contributed by atoms with Crippen molar-refractivity contribution in [3.63, 3.8) is 0 Å². The number of carbonyl (C=O) groups is 1. The van der Waals surface area contributed by atoms with Gasteiger partial charge in [-0.3, -0.25) is 14.3 Å². The lowest BCUT2D eigenvalue weighted by Crippen LogP contribution is -2.36. The van der Waals surface area contributed by atoms with Crippen LogP contribution < -0.4 is 5.32 Å². The average molecular weight is 541 g/mol. The largest absolute Gasteiger partial charge is 0.379 e. The highest BCUT2D eigenvalue weighted by Gasteiger charge is 2.20. The van der Waals surface area contributed by atoms with E-state index < -0.39 is 0 Å². The fourth-order valence-electron chi connectivity index (χ4n) is 3.90. The van der Waals surface area contributed by atoms with E-state index in [0.717, 1.165) is 40.7 Å². The van der Waals surface area contributed by atoms with E-state index in [4.69, 9.17) is 16.3 Å². The third-order valence-electron chi connectivity index (χ3n) is 5.68. The summed E-state index contributed by atoms with van der Waals surface area (Å²) in [5, 5.41) is 13.7. The number of morpholine rings is 1. The van der Waals surface area contributed by atoms with Crippen molar-refractivity contribution in [2.45, 2.75) is 18.6 Å². The van der Waals surface area contributed by atoms with Gasteiger partial charge in [0.1, 0.15) is 0 Å². The van der Waals surface area contributed by atoms with Crippen LogP contribution in [0.2, 0.25) is 5.02 Å². The lowest BCUT2D eigenvalue weighted by Gasteiger charge is -2.26. The molecule has 3 heterocycles. The van der Waals surface area contributed by atoms with Crippen LogP contribution in [0.1, 0.15) is 10.7 Å². The van der Waals surface area contributed by atoms with Crippen LogP contribution in [-0.4, -0.2) is 62.6 Å². The van der Waals surface area contributed by atoms with Gasteiger partial charge in [0.05, 0.1) is 31.2 Å². The number of nitrogens with zero attached hydrogens (tertiary/aromatic N) is 5. The number of hydrogen-bond donors (Lipinski definition) is 1. The molecule has 1 N–H and O–H groups in total. The molecule has 0 saturated carbocycles. The lowest BCUT2D eigenvalue weighted by molar-refractivity contribution is -0.113. The van der Waals surface area contributed by atoms with E-state index in [-0.39, 0.29) is 11.7 Å². The molecule has 8 nitrogen and oxygen atoms in total. The fraction of sp³-hybridized carbons (Fsp3) is 0.280. The van der Waals surface area contributed by atoms with Gasteiger partial charge in [-0.25, -0.2) is 4.98 Å². The van der Waals surface area contributed by atoms with Crippen molar-refractivity contribution >= 4 is 45.7 Å². The van der Waals surface area contributed by atoms with Crippen LogP contribution in [-0.2, 0) is 16.1 Å². The van der Waals surface area contributed by atoms with Crippen molar-refractivity contribution in [3.05, 3.63) is 70.3 Å². The Balaban J connectivity index is 1.29. The monoisotopic (exact) mass is 540 g/mol. The Hall–Kier alpha value is -2.76. The Bertz CT molecular complexity index is 1320. The number of amides is 1. The number of ether oxygens (including phenoxy) is 1. The number of rotatable bonds is 8. The molecule has 1 aliphatic rings. The third kappa shape index (κ3) is 5.96. The number of carbonyl (C=O) groups excluding carboxylic acids is 1. The van der Waals surface area contributed by atoms with Crippen LogP contribution in [0.4, 0.5) is 5.13 Å². The maximum absolute atomic E-state index is 12.8. The second-order valence-corrected chi connectivity index (χ2v) is 10.8. The van der Waals surface area contributed by atoms with Crippen LogP contribution >= 0.6 is 34.7 Å². The molecule has 5 rings (SSSR count). The Labute approximate surface area is 222 Å². The first-order valence-corrected chi connectivity index (χ1v) is 13.7. The molecule has 1 amide bonds. The van der Waals surface area contributed by atoms with Gasteiger partial charge in [-0.2, -0.15) is 0 Å². The number of halogens is 1. The number of aryl methyl sites for hydroxylation is 1. The standard InChI is InChI=1S/C25H25ClN6O2S2/c1-17-23(18-5-3-2-4-6-18)28-24(36-17)27-22(33)16-35-25-30-29-21(15-31-11-13-34-14-12-31)32(25)20-9-7-19(26)8-10-20/h2-10H,11-16H2,1H3,(H,27,28,33). The highest BCUT2D eigenvalue weighted by Crippen LogP contribution is 2.30. The van der Waals surface area contributed by atoms with Crippen molar-refractivity contribution in [1.82, 2.24) is 24.6 Å². The van der Waals surface area contributed by atoms with E-state index in [1.165, 1.54) is 23.1 Å². The molecular formula is C25H25ClN6O2S2. The normalized spacial score (nSPS) is 14.2. The Morgan fingerprint density at radius 3 is 2.61 bits per heavy atom. The fourth-order valence-corrected chi connectivity index (χ4v) is 5.65. The molecule has 4 aromatic rings. The van der Waals surface area contributed by atoms with E-state index in [1.54, 1.807) is 0 Å². The minimum Gasteiger partial charge on any atom is -0.379 e. The number of hydrogen-bond acceptors (Lipinski definition) is 8. The highest BCUT2D eigenvalue weighted by atomic mass is 35.5. The van der Waals surface area contributed by atoms with Gasteiger partial charge < -0.3 is 10.1 Å². The Kier molecular flexibility index (Phi) is 7.98. The molecule has 11 heteroatoms. The zero-order chi connectivity index (χ0) is 24.9. The Morgan fingerprint density at radius 1 is 1.11 bits per heavy atom. The molecule has 0 spiro atoms. The second-order valence-electron chi connectivity index (χ2n) is 8.23. The first-order valence-electron chi connectivity index (χ1n) is 11.5. The summed E-state index contributed by atoms with van der Waals surface area (Å²) in [6.45, 7) is 5.76. The SMILES string of the molecule is Cc1sc(NC(=O)CSc2nnc(CN3CCOCC3)n2-c2ccc(Cl)cc2)nc1-c1ccccc1. The maximum Gasteiger partial charge on any atom is 0.236 e. The maximum atomic E-state index is 12.8. The zero-order valence-electron chi connectivity index (χ0n) is 19.7. The van der Waals surface area contributed by atoms with E-state index in [2.05, 4.69) is 25.4 Å². The van der Waals surface area contributed by atoms with Crippen molar-refractivity contribution in [2.24, 2.45) is 0 Å². The summed E-state index contributed by atoms with van der Waals surface area (Å²) in [5.41, 5.74) is 2.82. The smallest absolute Gasteiger partial charge is 0.236 e. The molecule has 0 aliphatic carbocycles. The van der Waals surface area contributed by atoms with Gasteiger partial charge in [-0.05, 0) is 31.2 Å².